The summed E-state index contributed by atoms with van der Waals surface area (Å²) in [5.74, 6) is -0.974. The molecule has 0 atom stereocenters. The Balaban J connectivity index is 2.00. The molecule has 5 nitrogen and oxygen atoms in total. The second-order valence-corrected chi connectivity index (χ2v) is 2.81. The van der Waals surface area contributed by atoms with Crippen molar-refractivity contribution in [2.75, 3.05) is 13.3 Å². The van der Waals surface area contributed by atoms with Gasteiger partial charge in [-0.05, 0) is 5.56 Å². The molecule has 1 aromatic carbocycles. The monoisotopic (exact) mass is 211 g/mol. The molecule has 0 aliphatic heterocycles. The van der Waals surface area contributed by atoms with Crippen molar-refractivity contribution < 1.29 is 19.5 Å². The van der Waals surface area contributed by atoms with Crippen molar-refractivity contribution >= 4 is 5.97 Å². The quantitative estimate of drug-likeness (QED) is 0.396. The van der Waals surface area contributed by atoms with Crippen LogP contribution >= 0.6 is 0 Å². The molecule has 0 saturated carbocycles. The standard InChI is InChI=1S/C10H13NO4/c12-10(13)6-11-15-8-14-7-9-4-2-1-3-5-9/h1-5,11H,6-8H2,(H,12,13). The minimum absolute atomic E-state index is 0.0160. The second kappa shape index (κ2) is 6.94. The van der Waals surface area contributed by atoms with Gasteiger partial charge in [-0.25, -0.2) is 0 Å². The Labute approximate surface area is 87.6 Å². The largest absolute Gasteiger partial charge is 0.480 e. The molecule has 1 rings (SSSR count). The van der Waals surface area contributed by atoms with Crippen molar-refractivity contribution in [3.8, 4) is 0 Å². The first-order valence-electron chi connectivity index (χ1n) is 4.47. The lowest BCUT2D eigenvalue weighted by atomic mass is 10.2. The van der Waals surface area contributed by atoms with Crippen LogP contribution in [0.4, 0.5) is 0 Å². The van der Waals surface area contributed by atoms with Crippen LogP contribution in [0.3, 0.4) is 0 Å². The topological polar surface area (TPSA) is 67.8 Å². The van der Waals surface area contributed by atoms with Crippen LogP contribution in [0.5, 0.6) is 0 Å². The predicted octanol–water partition coefficient (Wildman–Crippen LogP) is 0.766. The van der Waals surface area contributed by atoms with E-state index in [4.69, 9.17) is 14.7 Å². The highest BCUT2D eigenvalue weighted by atomic mass is 16.8. The van der Waals surface area contributed by atoms with E-state index in [0.717, 1.165) is 5.56 Å². The van der Waals surface area contributed by atoms with Gasteiger partial charge in [-0.3, -0.25) is 9.63 Å². The van der Waals surface area contributed by atoms with E-state index >= 15 is 0 Å². The van der Waals surface area contributed by atoms with Crippen LogP contribution in [-0.4, -0.2) is 24.4 Å². The molecule has 0 unspecified atom stereocenters. The molecule has 0 aliphatic rings. The molecule has 0 heterocycles. The van der Waals surface area contributed by atoms with Crippen molar-refractivity contribution in [2.45, 2.75) is 6.61 Å². The molecule has 0 aliphatic carbocycles. The first-order chi connectivity index (χ1) is 7.29. The Hall–Kier alpha value is -1.43. The summed E-state index contributed by atoms with van der Waals surface area (Å²) in [6.07, 6.45) is 0. The normalized spacial score (nSPS) is 10.1. The Morgan fingerprint density at radius 1 is 1.33 bits per heavy atom. The molecular formula is C10H13NO4. The highest BCUT2D eigenvalue weighted by Crippen LogP contribution is 1.99. The van der Waals surface area contributed by atoms with E-state index in [9.17, 15) is 4.79 Å². The lowest BCUT2D eigenvalue weighted by Gasteiger charge is -2.04. The van der Waals surface area contributed by atoms with Gasteiger partial charge in [0.05, 0.1) is 6.61 Å². The number of hydrogen-bond acceptors (Lipinski definition) is 4. The third-order valence-electron chi connectivity index (χ3n) is 1.58. The van der Waals surface area contributed by atoms with Gasteiger partial charge in [0.25, 0.3) is 0 Å². The zero-order valence-electron chi connectivity index (χ0n) is 8.18. The Kier molecular flexibility index (Phi) is 5.39. The van der Waals surface area contributed by atoms with E-state index in [-0.39, 0.29) is 13.3 Å². The zero-order chi connectivity index (χ0) is 10.9. The van der Waals surface area contributed by atoms with Gasteiger partial charge in [0.1, 0.15) is 6.54 Å². The summed E-state index contributed by atoms with van der Waals surface area (Å²) < 4.78 is 5.12. The van der Waals surface area contributed by atoms with Crippen LogP contribution in [0.25, 0.3) is 0 Å². The number of hydrogen-bond donors (Lipinski definition) is 2. The molecule has 1 aromatic rings. The lowest BCUT2D eigenvalue weighted by Crippen LogP contribution is -2.23. The van der Waals surface area contributed by atoms with Crippen molar-refractivity contribution in [1.29, 1.82) is 0 Å². The SMILES string of the molecule is O=C(O)CNOCOCc1ccccc1. The van der Waals surface area contributed by atoms with Crippen LogP contribution in [-0.2, 0) is 21.0 Å². The van der Waals surface area contributed by atoms with Crippen LogP contribution in [0.1, 0.15) is 5.56 Å². The minimum Gasteiger partial charge on any atom is -0.480 e. The first kappa shape index (κ1) is 11.6. The lowest BCUT2D eigenvalue weighted by molar-refractivity contribution is -0.144. The number of aliphatic carboxylic acids is 1. The van der Waals surface area contributed by atoms with Gasteiger partial charge < -0.3 is 9.84 Å². The molecule has 0 aromatic heterocycles. The summed E-state index contributed by atoms with van der Waals surface area (Å²) in [6.45, 7) is 0.215. The first-order valence-corrected chi connectivity index (χ1v) is 4.47. The van der Waals surface area contributed by atoms with Gasteiger partial charge in [-0.15, -0.1) is 0 Å². The number of ether oxygens (including phenoxy) is 1. The van der Waals surface area contributed by atoms with Crippen LogP contribution in [0.15, 0.2) is 30.3 Å². The predicted molar refractivity (Wildman–Crippen MR) is 52.8 cm³/mol. The highest BCUT2D eigenvalue weighted by Gasteiger charge is 1.95. The smallest absolute Gasteiger partial charge is 0.319 e. The van der Waals surface area contributed by atoms with E-state index in [1.165, 1.54) is 0 Å². The minimum atomic E-state index is -0.974. The number of carboxylic acid groups (broad SMARTS) is 1. The highest BCUT2D eigenvalue weighted by molar-refractivity contribution is 5.68. The van der Waals surface area contributed by atoms with Crippen molar-refractivity contribution in [2.24, 2.45) is 0 Å². The van der Waals surface area contributed by atoms with Crippen molar-refractivity contribution in [1.82, 2.24) is 5.48 Å². The number of hydroxylamine groups is 1. The van der Waals surface area contributed by atoms with E-state index in [2.05, 4.69) is 5.48 Å². The van der Waals surface area contributed by atoms with Gasteiger partial charge in [0.15, 0.2) is 6.79 Å². The maximum absolute atomic E-state index is 10.1. The zero-order valence-corrected chi connectivity index (χ0v) is 8.18. The van der Waals surface area contributed by atoms with E-state index < -0.39 is 5.97 Å². The second-order valence-electron chi connectivity index (χ2n) is 2.81. The maximum Gasteiger partial charge on any atom is 0.319 e. The molecule has 0 bridgehead atoms. The third-order valence-corrected chi connectivity index (χ3v) is 1.58. The van der Waals surface area contributed by atoms with Crippen LogP contribution in [0, 0.1) is 0 Å². The third kappa shape index (κ3) is 5.79. The van der Waals surface area contributed by atoms with Gasteiger partial charge in [-0.2, -0.15) is 5.48 Å². The number of benzene rings is 1. The number of carboxylic acids is 1. The van der Waals surface area contributed by atoms with Crippen molar-refractivity contribution in [3.05, 3.63) is 35.9 Å². The number of nitrogens with one attached hydrogen (secondary N) is 1. The molecule has 15 heavy (non-hydrogen) atoms. The molecule has 2 N–H and O–H groups in total. The van der Waals surface area contributed by atoms with E-state index in [1.807, 2.05) is 30.3 Å². The fourth-order valence-electron chi connectivity index (χ4n) is 0.930. The average molecular weight is 211 g/mol. The molecule has 82 valence electrons. The molecule has 0 spiro atoms. The summed E-state index contributed by atoms with van der Waals surface area (Å²) >= 11 is 0. The summed E-state index contributed by atoms with van der Waals surface area (Å²) in [7, 11) is 0. The molecule has 0 fully saturated rings. The average Bonchev–Trinajstić information content (AvgIpc) is 2.24. The molecule has 0 saturated heterocycles. The summed E-state index contributed by atoms with van der Waals surface area (Å²) in [6, 6.07) is 9.63. The Morgan fingerprint density at radius 3 is 2.73 bits per heavy atom. The van der Waals surface area contributed by atoms with E-state index in [1.54, 1.807) is 0 Å². The van der Waals surface area contributed by atoms with Gasteiger partial charge >= 0.3 is 5.97 Å². The molecular weight excluding hydrogens is 198 g/mol. The Morgan fingerprint density at radius 2 is 2.07 bits per heavy atom. The fraction of sp³-hybridized carbons (Fsp3) is 0.300. The van der Waals surface area contributed by atoms with Crippen LogP contribution in [0.2, 0.25) is 0 Å². The van der Waals surface area contributed by atoms with Gasteiger partial charge in [0, 0.05) is 0 Å². The van der Waals surface area contributed by atoms with Crippen molar-refractivity contribution in [3.63, 3.8) is 0 Å². The number of rotatable bonds is 7. The Bertz CT molecular complexity index is 289. The fourth-order valence-corrected chi connectivity index (χ4v) is 0.930. The molecule has 0 amide bonds. The molecule has 0 radical (unpaired) electrons. The summed E-state index contributed by atoms with van der Waals surface area (Å²) in [4.78, 5) is 14.8. The molecule has 5 heteroatoms. The van der Waals surface area contributed by atoms with Crippen LogP contribution < -0.4 is 5.48 Å². The summed E-state index contributed by atoms with van der Waals surface area (Å²) in [5.41, 5.74) is 3.29. The summed E-state index contributed by atoms with van der Waals surface area (Å²) in [5, 5.41) is 8.26. The maximum atomic E-state index is 10.1. The van der Waals surface area contributed by atoms with Gasteiger partial charge in [0.2, 0.25) is 0 Å². The van der Waals surface area contributed by atoms with E-state index in [0.29, 0.717) is 6.61 Å². The van der Waals surface area contributed by atoms with Gasteiger partial charge in [-0.1, -0.05) is 30.3 Å². The number of carbonyl (C=O) groups is 1.